The molecule has 0 unspecified atom stereocenters. The highest BCUT2D eigenvalue weighted by Gasteiger charge is 2.39. The van der Waals surface area contributed by atoms with E-state index >= 15 is 0 Å². The summed E-state index contributed by atoms with van der Waals surface area (Å²) in [6.45, 7) is 0.605. The summed E-state index contributed by atoms with van der Waals surface area (Å²) in [5.74, 6) is -3.48. The molecule has 1 saturated heterocycles. The van der Waals surface area contributed by atoms with Crippen LogP contribution in [-0.4, -0.2) is 68.9 Å². The minimum atomic E-state index is -5.08. The molecular formula is C29H27F6N5O6. The number of alkyl halides is 6. The van der Waals surface area contributed by atoms with Crippen molar-refractivity contribution in [2.24, 2.45) is 5.73 Å². The maximum Gasteiger partial charge on any atom is 0.490 e. The highest BCUT2D eigenvalue weighted by molar-refractivity contribution is 5.83. The molecule has 246 valence electrons. The molecule has 46 heavy (non-hydrogen) atoms. The van der Waals surface area contributed by atoms with Crippen molar-refractivity contribution < 1.29 is 55.7 Å². The Balaban J connectivity index is 0.000000440. The molecular weight excluding hydrogens is 628 g/mol. The number of amides is 1. The summed E-state index contributed by atoms with van der Waals surface area (Å²) in [6.07, 6.45) is -6.44. The summed E-state index contributed by atoms with van der Waals surface area (Å²) in [7, 11) is 0. The van der Waals surface area contributed by atoms with Crippen LogP contribution in [0.2, 0.25) is 0 Å². The van der Waals surface area contributed by atoms with Gasteiger partial charge in [-0.05, 0) is 73.4 Å². The summed E-state index contributed by atoms with van der Waals surface area (Å²) < 4.78 is 69.4. The monoisotopic (exact) mass is 655 g/mol. The van der Waals surface area contributed by atoms with Crippen LogP contribution in [0.25, 0.3) is 0 Å². The molecule has 1 aliphatic rings. The minimum absolute atomic E-state index is 0.159. The third-order valence-corrected chi connectivity index (χ3v) is 5.89. The van der Waals surface area contributed by atoms with Gasteiger partial charge in [-0.2, -0.15) is 31.6 Å². The van der Waals surface area contributed by atoms with Crippen LogP contribution in [0.3, 0.4) is 0 Å². The Morgan fingerprint density at radius 2 is 1.48 bits per heavy atom. The minimum Gasteiger partial charge on any atom is -0.475 e. The number of nitrogens with zero attached hydrogens (tertiary/aromatic N) is 3. The average molecular weight is 656 g/mol. The molecule has 5 N–H and O–H groups in total. The van der Waals surface area contributed by atoms with Crippen molar-refractivity contribution in [3.8, 4) is 17.6 Å². The summed E-state index contributed by atoms with van der Waals surface area (Å²) in [5.41, 5.74) is 8.00. The van der Waals surface area contributed by atoms with Crippen molar-refractivity contribution in [1.29, 1.82) is 5.26 Å². The number of carbonyl (C=O) groups is 3. The second-order valence-corrected chi connectivity index (χ2v) is 9.35. The van der Waals surface area contributed by atoms with Crippen LogP contribution < -0.4 is 15.8 Å². The number of likely N-dealkylation sites (tertiary alicyclic amines) is 1. The molecule has 11 nitrogen and oxygen atoms in total. The third-order valence-electron chi connectivity index (χ3n) is 5.89. The Kier molecular flexibility index (Phi) is 13.3. The van der Waals surface area contributed by atoms with E-state index in [1.54, 1.807) is 11.1 Å². The number of halogens is 6. The van der Waals surface area contributed by atoms with E-state index in [9.17, 15) is 36.4 Å². The highest BCUT2D eigenvalue weighted by Crippen LogP contribution is 2.25. The summed E-state index contributed by atoms with van der Waals surface area (Å²) in [5, 5.41) is 26.7. The van der Waals surface area contributed by atoms with Gasteiger partial charge < -0.3 is 30.9 Å². The van der Waals surface area contributed by atoms with Crippen LogP contribution >= 0.6 is 0 Å². The van der Waals surface area contributed by atoms with Gasteiger partial charge in [-0.25, -0.2) is 14.6 Å². The molecule has 1 aliphatic heterocycles. The number of anilines is 2. The van der Waals surface area contributed by atoms with Gasteiger partial charge in [0.15, 0.2) is 0 Å². The first kappa shape index (κ1) is 36.8. The molecule has 17 heteroatoms. The van der Waals surface area contributed by atoms with Gasteiger partial charge in [-0.15, -0.1) is 0 Å². The van der Waals surface area contributed by atoms with Gasteiger partial charge in [0.2, 0.25) is 5.91 Å². The van der Waals surface area contributed by atoms with E-state index in [0.717, 1.165) is 29.9 Å². The number of ether oxygens (including phenoxy) is 1. The van der Waals surface area contributed by atoms with Crippen LogP contribution in [0.1, 0.15) is 18.4 Å². The predicted molar refractivity (Wildman–Crippen MR) is 150 cm³/mol. The first-order valence-electron chi connectivity index (χ1n) is 13.1. The number of hydrogen-bond acceptors (Lipinski definition) is 8. The fourth-order valence-corrected chi connectivity index (χ4v) is 3.74. The van der Waals surface area contributed by atoms with Gasteiger partial charge in [0.1, 0.15) is 23.4 Å². The van der Waals surface area contributed by atoms with Gasteiger partial charge in [0.05, 0.1) is 12.1 Å². The number of carboxylic acid groups (broad SMARTS) is 2. The molecule has 2 atom stereocenters. The maximum absolute atomic E-state index is 12.6. The molecule has 2 aromatic carbocycles. The molecule has 1 aromatic heterocycles. The van der Waals surface area contributed by atoms with Crippen LogP contribution in [0.5, 0.6) is 11.5 Å². The molecule has 1 amide bonds. The molecule has 0 saturated carbocycles. The van der Waals surface area contributed by atoms with E-state index in [1.165, 1.54) is 0 Å². The number of nitrogens with one attached hydrogen (secondary N) is 1. The SMILES string of the molecule is N#C[C@@H]1CCCN1C(=O)[C@@H](N)Cc1ccc(Oc2ccc(Nc3ccccn3)cc2)cc1.O=C(O)C(F)(F)F.O=C(O)C(F)(F)F. The topological polar surface area (TPSA) is 179 Å². The van der Waals surface area contributed by atoms with Crippen LogP contribution in [0.15, 0.2) is 72.9 Å². The number of nitriles is 1. The zero-order valence-electron chi connectivity index (χ0n) is 23.6. The normalized spacial score (nSPS) is 14.7. The first-order valence-corrected chi connectivity index (χ1v) is 13.1. The molecule has 3 aromatic rings. The second-order valence-electron chi connectivity index (χ2n) is 9.35. The molecule has 0 bridgehead atoms. The number of rotatable bonds is 7. The largest absolute Gasteiger partial charge is 0.490 e. The van der Waals surface area contributed by atoms with E-state index in [4.69, 9.17) is 30.3 Å². The highest BCUT2D eigenvalue weighted by atomic mass is 19.4. The van der Waals surface area contributed by atoms with E-state index in [0.29, 0.717) is 24.5 Å². The third kappa shape index (κ3) is 12.3. The van der Waals surface area contributed by atoms with Crippen molar-refractivity contribution in [3.63, 3.8) is 0 Å². The van der Waals surface area contributed by atoms with Crippen molar-refractivity contribution >= 4 is 29.4 Å². The lowest BCUT2D eigenvalue weighted by atomic mass is 10.0. The number of nitrogens with two attached hydrogens (primary N) is 1. The average Bonchev–Trinajstić information content (AvgIpc) is 3.48. The molecule has 0 aliphatic carbocycles. The number of carboxylic acids is 2. The lowest BCUT2D eigenvalue weighted by Crippen LogP contribution is -2.46. The fraction of sp³-hybridized carbons (Fsp3) is 0.276. The fourth-order valence-electron chi connectivity index (χ4n) is 3.74. The van der Waals surface area contributed by atoms with E-state index < -0.39 is 30.3 Å². The lowest BCUT2D eigenvalue weighted by Gasteiger charge is -2.23. The Hall–Kier alpha value is -5.37. The Morgan fingerprint density at radius 1 is 0.957 bits per heavy atom. The Labute approximate surface area is 257 Å². The molecule has 0 spiro atoms. The number of carbonyl (C=O) groups excluding carboxylic acids is 1. The maximum atomic E-state index is 12.6. The number of aromatic nitrogens is 1. The van der Waals surface area contributed by atoms with Crippen LogP contribution in [-0.2, 0) is 20.8 Å². The van der Waals surface area contributed by atoms with E-state index in [2.05, 4.69) is 16.4 Å². The van der Waals surface area contributed by atoms with Crippen molar-refractivity contribution in [3.05, 3.63) is 78.5 Å². The van der Waals surface area contributed by atoms with Gasteiger partial charge in [-0.1, -0.05) is 18.2 Å². The Morgan fingerprint density at radius 3 is 1.93 bits per heavy atom. The summed E-state index contributed by atoms with van der Waals surface area (Å²) in [6, 6.07) is 22.0. The summed E-state index contributed by atoms with van der Waals surface area (Å²) in [4.78, 5) is 36.2. The smallest absolute Gasteiger partial charge is 0.475 e. The van der Waals surface area contributed by atoms with Crippen molar-refractivity contribution in [2.45, 2.75) is 43.7 Å². The zero-order chi connectivity index (χ0) is 34.5. The number of aliphatic carboxylic acids is 2. The van der Waals surface area contributed by atoms with Crippen LogP contribution in [0.4, 0.5) is 37.8 Å². The molecule has 4 rings (SSSR count). The van der Waals surface area contributed by atoms with Crippen molar-refractivity contribution in [2.75, 3.05) is 11.9 Å². The lowest BCUT2D eigenvalue weighted by molar-refractivity contribution is -0.193. The van der Waals surface area contributed by atoms with Gasteiger partial charge >= 0.3 is 24.3 Å². The van der Waals surface area contributed by atoms with Crippen LogP contribution in [0, 0.1) is 11.3 Å². The number of pyridine rings is 1. The van der Waals surface area contributed by atoms with E-state index in [1.807, 2.05) is 66.7 Å². The first-order chi connectivity index (χ1) is 21.5. The zero-order valence-corrected chi connectivity index (χ0v) is 23.6. The van der Waals surface area contributed by atoms with Gasteiger partial charge in [0.25, 0.3) is 0 Å². The predicted octanol–water partition coefficient (Wildman–Crippen LogP) is 5.27. The van der Waals surface area contributed by atoms with Gasteiger partial charge in [-0.3, -0.25) is 4.79 Å². The summed E-state index contributed by atoms with van der Waals surface area (Å²) >= 11 is 0. The molecule has 0 radical (unpaired) electrons. The second kappa shape index (κ2) is 16.6. The van der Waals surface area contributed by atoms with E-state index in [-0.39, 0.29) is 11.9 Å². The molecule has 2 heterocycles. The quantitative estimate of drug-likeness (QED) is 0.245. The van der Waals surface area contributed by atoms with Crippen molar-refractivity contribution in [1.82, 2.24) is 9.88 Å². The van der Waals surface area contributed by atoms with Gasteiger partial charge in [0, 0.05) is 18.4 Å². The Bertz CT molecular complexity index is 1460. The number of benzene rings is 2. The number of hydrogen-bond donors (Lipinski definition) is 4. The standard InChI is InChI=1S/C25H25N5O2.2C2HF3O2/c26-17-20-4-3-15-30(20)25(31)23(27)16-18-6-10-21(11-7-18)32-22-12-8-19(9-13-22)29-24-5-1-2-14-28-24;2*3-2(4,5)1(6)7/h1-2,5-14,20,23H,3-4,15-16,27H2,(H,28,29);2*(H,6,7)/t20-,23-;;/m0../s1. The molecule has 1 fully saturated rings.